The Bertz CT molecular complexity index is 541. The van der Waals surface area contributed by atoms with Crippen LogP contribution in [0.15, 0.2) is 24.5 Å². The van der Waals surface area contributed by atoms with Gasteiger partial charge in [0.15, 0.2) is 5.82 Å². The molecule has 0 saturated carbocycles. The summed E-state index contributed by atoms with van der Waals surface area (Å²) >= 11 is 0. The number of aromatic nitrogens is 3. The van der Waals surface area contributed by atoms with Crippen molar-refractivity contribution in [1.29, 1.82) is 0 Å². The van der Waals surface area contributed by atoms with E-state index in [4.69, 9.17) is 0 Å². The van der Waals surface area contributed by atoms with Crippen molar-refractivity contribution in [3.05, 3.63) is 41.7 Å². The van der Waals surface area contributed by atoms with Gasteiger partial charge in [-0.15, -0.1) is 0 Å². The normalized spacial score (nSPS) is 12.6. The Labute approximate surface area is 104 Å². The fourth-order valence-electron chi connectivity index (χ4n) is 1.69. The van der Waals surface area contributed by atoms with Gasteiger partial charge in [0.2, 0.25) is 0 Å². The second-order valence-electron chi connectivity index (χ2n) is 4.14. The highest BCUT2D eigenvalue weighted by Crippen LogP contribution is 2.24. The maximum atomic E-state index is 13.1. The average Bonchev–Trinajstić information content (AvgIpc) is 2.75. The number of rotatable bonds is 4. The molecule has 0 fully saturated rings. The van der Waals surface area contributed by atoms with E-state index in [0.717, 1.165) is 0 Å². The van der Waals surface area contributed by atoms with Crippen molar-refractivity contribution in [2.45, 2.75) is 19.5 Å². The maximum Gasteiger partial charge on any atom is 0.164 e. The third-order valence-electron chi connectivity index (χ3n) is 2.67. The second kappa shape index (κ2) is 5.14. The van der Waals surface area contributed by atoms with Crippen LogP contribution in [0.4, 0.5) is 4.39 Å². The predicted octanol–water partition coefficient (Wildman–Crippen LogP) is 1.51. The van der Waals surface area contributed by atoms with Gasteiger partial charge in [0.1, 0.15) is 17.9 Å². The van der Waals surface area contributed by atoms with E-state index in [-0.39, 0.29) is 17.6 Å². The van der Waals surface area contributed by atoms with Crippen LogP contribution in [0, 0.1) is 5.82 Å². The van der Waals surface area contributed by atoms with Crippen molar-refractivity contribution in [2.75, 3.05) is 0 Å². The zero-order valence-electron chi connectivity index (χ0n) is 10.3. The van der Waals surface area contributed by atoms with Crippen LogP contribution in [0.3, 0.4) is 0 Å². The number of hydrogen-bond acceptors (Lipinski definition) is 4. The first-order chi connectivity index (χ1) is 8.56. The van der Waals surface area contributed by atoms with Crippen LogP contribution in [0.2, 0.25) is 0 Å². The zero-order valence-corrected chi connectivity index (χ0v) is 10.3. The van der Waals surface area contributed by atoms with Crippen LogP contribution >= 0.6 is 0 Å². The van der Waals surface area contributed by atoms with Gasteiger partial charge >= 0.3 is 0 Å². The lowest BCUT2D eigenvalue weighted by Crippen LogP contribution is -2.19. The topological polar surface area (TPSA) is 63.0 Å². The fourth-order valence-corrected chi connectivity index (χ4v) is 1.69. The lowest BCUT2D eigenvalue weighted by Gasteiger charge is -2.14. The van der Waals surface area contributed by atoms with Crippen molar-refractivity contribution in [2.24, 2.45) is 7.05 Å². The molecule has 6 heteroatoms. The molecule has 0 aliphatic heterocycles. The highest BCUT2D eigenvalue weighted by atomic mass is 19.1. The minimum Gasteiger partial charge on any atom is -0.508 e. The minimum absolute atomic E-state index is 0.0744. The number of benzene rings is 1. The molecule has 0 radical (unpaired) electrons. The molecule has 0 saturated heterocycles. The first-order valence-corrected chi connectivity index (χ1v) is 5.62. The van der Waals surface area contributed by atoms with Gasteiger partial charge in [-0.1, -0.05) is 0 Å². The van der Waals surface area contributed by atoms with Crippen LogP contribution in [0.5, 0.6) is 5.75 Å². The van der Waals surface area contributed by atoms with Gasteiger partial charge in [0, 0.05) is 18.7 Å². The van der Waals surface area contributed by atoms with Gasteiger partial charge in [-0.2, -0.15) is 5.10 Å². The summed E-state index contributed by atoms with van der Waals surface area (Å²) in [5.41, 5.74) is 0.519. The number of aromatic hydroxyl groups is 1. The summed E-state index contributed by atoms with van der Waals surface area (Å²) in [7, 11) is 1.79. The molecule has 1 atom stereocenters. The van der Waals surface area contributed by atoms with Gasteiger partial charge < -0.3 is 10.4 Å². The lowest BCUT2D eigenvalue weighted by molar-refractivity contribution is 0.447. The molecule has 0 aliphatic rings. The molecule has 2 aromatic rings. The number of nitrogens with one attached hydrogen (secondary N) is 1. The highest BCUT2D eigenvalue weighted by Gasteiger charge is 2.11. The Morgan fingerprint density at radius 3 is 2.94 bits per heavy atom. The molecule has 0 bridgehead atoms. The summed E-state index contributed by atoms with van der Waals surface area (Å²) in [5.74, 6) is 0.359. The Kier molecular flexibility index (Phi) is 3.57. The molecule has 1 aromatic heterocycles. The molecular weight excluding hydrogens is 235 g/mol. The molecule has 0 spiro atoms. The molecule has 0 amide bonds. The monoisotopic (exact) mass is 250 g/mol. The van der Waals surface area contributed by atoms with Gasteiger partial charge in [0.25, 0.3) is 0 Å². The Morgan fingerprint density at radius 2 is 2.28 bits per heavy atom. The Hall–Kier alpha value is -1.95. The van der Waals surface area contributed by atoms with E-state index >= 15 is 0 Å². The highest BCUT2D eigenvalue weighted by molar-refractivity contribution is 5.34. The minimum atomic E-state index is -0.368. The first-order valence-electron chi connectivity index (χ1n) is 5.62. The molecule has 1 unspecified atom stereocenters. The molecule has 2 rings (SSSR count). The Morgan fingerprint density at radius 1 is 1.50 bits per heavy atom. The van der Waals surface area contributed by atoms with E-state index in [1.165, 1.54) is 18.2 Å². The summed E-state index contributed by atoms with van der Waals surface area (Å²) < 4.78 is 14.7. The zero-order chi connectivity index (χ0) is 13.1. The van der Waals surface area contributed by atoms with E-state index in [1.807, 2.05) is 6.92 Å². The van der Waals surface area contributed by atoms with Gasteiger partial charge in [-0.05, 0) is 25.1 Å². The molecule has 1 aromatic carbocycles. The van der Waals surface area contributed by atoms with Crippen LogP contribution in [-0.4, -0.2) is 19.9 Å². The fraction of sp³-hybridized carbons (Fsp3) is 0.333. The third-order valence-corrected chi connectivity index (χ3v) is 2.67. The van der Waals surface area contributed by atoms with Gasteiger partial charge in [0.05, 0.1) is 6.54 Å². The Balaban J connectivity index is 2.03. The number of phenols is 1. The van der Waals surface area contributed by atoms with E-state index < -0.39 is 0 Å². The quantitative estimate of drug-likeness (QED) is 0.863. The van der Waals surface area contributed by atoms with E-state index in [2.05, 4.69) is 15.4 Å². The number of aryl methyl sites for hydroxylation is 1. The van der Waals surface area contributed by atoms with Crippen LogP contribution < -0.4 is 5.32 Å². The molecular formula is C12H15FN4O. The van der Waals surface area contributed by atoms with Crippen molar-refractivity contribution < 1.29 is 9.50 Å². The van der Waals surface area contributed by atoms with Crippen molar-refractivity contribution >= 4 is 0 Å². The second-order valence-corrected chi connectivity index (χ2v) is 4.14. The largest absolute Gasteiger partial charge is 0.508 e. The van der Waals surface area contributed by atoms with Crippen LogP contribution in [-0.2, 0) is 13.6 Å². The lowest BCUT2D eigenvalue weighted by atomic mass is 10.1. The van der Waals surface area contributed by atoms with E-state index in [0.29, 0.717) is 17.9 Å². The van der Waals surface area contributed by atoms with Crippen molar-refractivity contribution in [1.82, 2.24) is 20.1 Å². The van der Waals surface area contributed by atoms with Crippen LogP contribution in [0.1, 0.15) is 24.4 Å². The molecule has 5 nitrogen and oxygen atoms in total. The summed E-state index contributed by atoms with van der Waals surface area (Å²) in [4.78, 5) is 4.07. The first kappa shape index (κ1) is 12.5. The SMILES string of the molecule is CC(NCc1ncn(C)n1)c1cc(F)ccc1O. The number of halogens is 1. The molecule has 18 heavy (non-hydrogen) atoms. The summed E-state index contributed by atoms with van der Waals surface area (Å²) in [6.45, 7) is 2.30. The molecule has 1 heterocycles. The summed E-state index contributed by atoms with van der Waals surface area (Å²) in [5, 5.41) is 16.9. The summed E-state index contributed by atoms with van der Waals surface area (Å²) in [6, 6.07) is 3.71. The maximum absolute atomic E-state index is 13.1. The average molecular weight is 250 g/mol. The van der Waals surface area contributed by atoms with E-state index in [9.17, 15) is 9.50 Å². The molecule has 96 valence electrons. The van der Waals surface area contributed by atoms with Crippen molar-refractivity contribution in [3.63, 3.8) is 0 Å². The number of hydrogen-bond donors (Lipinski definition) is 2. The van der Waals surface area contributed by atoms with Gasteiger partial charge in [-0.3, -0.25) is 4.68 Å². The predicted molar refractivity (Wildman–Crippen MR) is 64.3 cm³/mol. The summed E-state index contributed by atoms with van der Waals surface area (Å²) in [6.07, 6.45) is 1.61. The molecule has 0 aliphatic carbocycles. The number of phenolic OH excluding ortho intramolecular Hbond substituents is 1. The van der Waals surface area contributed by atoms with E-state index in [1.54, 1.807) is 18.1 Å². The molecule has 2 N–H and O–H groups in total. The standard InChI is InChI=1S/C12H15FN4O/c1-8(10-5-9(13)3-4-11(10)18)14-6-12-15-7-17(2)16-12/h3-5,7-8,14,18H,6H2,1-2H3. The third kappa shape index (κ3) is 2.84. The number of nitrogens with zero attached hydrogens (tertiary/aromatic N) is 3. The van der Waals surface area contributed by atoms with Crippen LogP contribution in [0.25, 0.3) is 0 Å². The van der Waals surface area contributed by atoms with Gasteiger partial charge in [-0.25, -0.2) is 9.37 Å². The smallest absolute Gasteiger partial charge is 0.164 e. The van der Waals surface area contributed by atoms with Crippen molar-refractivity contribution in [3.8, 4) is 5.75 Å².